The van der Waals surface area contributed by atoms with Gasteiger partial charge in [0.25, 0.3) is 0 Å². The van der Waals surface area contributed by atoms with Crippen molar-refractivity contribution in [2.24, 2.45) is 0 Å². The Morgan fingerprint density at radius 3 is 2.37 bits per heavy atom. The third kappa shape index (κ3) is 20.8. The highest BCUT2D eigenvalue weighted by Crippen LogP contribution is 2.07. The molecule has 0 aliphatic heterocycles. The number of carbonyl (C=O) groups excluding carboxylic acids is 1. The second-order valence-electron chi connectivity index (χ2n) is 7.73. The van der Waals surface area contributed by atoms with Gasteiger partial charge in [-0.25, -0.2) is 4.79 Å². The van der Waals surface area contributed by atoms with E-state index in [0.717, 1.165) is 38.5 Å². The predicted octanol–water partition coefficient (Wildman–Crippen LogP) is 5.51. The molecule has 0 spiro atoms. The molecule has 156 valence electrons. The van der Waals surface area contributed by atoms with Gasteiger partial charge in [-0.05, 0) is 52.9 Å². The Balaban J connectivity index is 3.52. The van der Waals surface area contributed by atoms with Crippen molar-refractivity contribution in [3.05, 3.63) is 36.5 Å². The van der Waals surface area contributed by atoms with E-state index in [1.807, 2.05) is 45.1 Å². The zero-order chi connectivity index (χ0) is 20.4. The molecule has 4 heteroatoms. The highest BCUT2D eigenvalue weighted by Gasteiger charge is 2.15. The van der Waals surface area contributed by atoms with Crippen LogP contribution in [0.5, 0.6) is 0 Å². The van der Waals surface area contributed by atoms with E-state index in [1.54, 1.807) is 0 Å². The average Bonchev–Trinajstić information content (AvgIpc) is 2.57. The number of aliphatic hydroxyl groups excluding tert-OH is 1. The second-order valence-corrected chi connectivity index (χ2v) is 7.73. The van der Waals surface area contributed by atoms with Gasteiger partial charge in [-0.3, -0.25) is 0 Å². The third-order valence-electron chi connectivity index (χ3n) is 3.70. The fourth-order valence-electron chi connectivity index (χ4n) is 2.36. The molecule has 4 nitrogen and oxygen atoms in total. The number of rotatable bonds is 15. The molecule has 0 heterocycles. The second kappa shape index (κ2) is 16.8. The first kappa shape index (κ1) is 25.6. The Morgan fingerprint density at radius 1 is 1.00 bits per heavy atom. The summed E-state index contributed by atoms with van der Waals surface area (Å²) in [5.74, 6) is -0.329. The lowest BCUT2D eigenvalue weighted by molar-refractivity contribution is -0.159. The van der Waals surface area contributed by atoms with Crippen LogP contribution in [0.4, 0.5) is 0 Å². The average molecular weight is 381 g/mol. The molecule has 0 saturated heterocycles. The van der Waals surface area contributed by atoms with Crippen LogP contribution in [0.25, 0.3) is 0 Å². The zero-order valence-corrected chi connectivity index (χ0v) is 17.8. The zero-order valence-electron chi connectivity index (χ0n) is 17.8. The largest absolute Gasteiger partial charge is 0.458 e. The molecule has 1 N–H and O–H groups in total. The minimum absolute atomic E-state index is 0.00672. The van der Waals surface area contributed by atoms with Crippen LogP contribution in [0.3, 0.4) is 0 Å². The fraction of sp³-hybridized carbons (Fsp3) is 0.696. The normalized spacial score (nSPS) is 13.8. The van der Waals surface area contributed by atoms with Crippen LogP contribution in [0.1, 0.15) is 79.1 Å². The van der Waals surface area contributed by atoms with Crippen molar-refractivity contribution >= 4 is 5.97 Å². The number of esters is 1. The maximum absolute atomic E-state index is 11.4. The quantitative estimate of drug-likeness (QED) is 0.176. The van der Waals surface area contributed by atoms with Crippen molar-refractivity contribution in [2.45, 2.75) is 90.8 Å². The standard InChI is InChI=1S/C23H40O4/c1-5-6-14-17-21(24)18-15-12-10-8-7-9-11-13-16-19-26-20-22(25)27-23(2,3)4/h10,12-13,15-16,18,21,24H,5-9,11,14,17,19-20H2,1-4H3/b12-10-,16-13-,18-15+/t21-/m0/s1. The van der Waals surface area contributed by atoms with E-state index in [9.17, 15) is 9.90 Å². The van der Waals surface area contributed by atoms with E-state index < -0.39 is 5.60 Å². The molecule has 0 aliphatic carbocycles. The lowest BCUT2D eigenvalue weighted by Crippen LogP contribution is -2.26. The molecular formula is C23H40O4. The fourth-order valence-corrected chi connectivity index (χ4v) is 2.36. The minimum Gasteiger partial charge on any atom is -0.458 e. The van der Waals surface area contributed by atoms with E-state index in [-0.39, 0.29) is 18.7 Å². The van der Waals surface area contributed by atoms with Gasteiger partial charge in [0.05, 0.1) is 12.7 Å². The molecule has 0 unspecified atom stereocenters. The molecule has 0 aromatic rings. The van der Waals surface area contributed by atoms with E-state index in [4.69, 9.17) is 9.47 Å². The van der Waals surface area contributed by atoms with Gasteiger partial charge in [0.2, 0.25) is 0 Å². The van der Waals surface area contributed by atoms with Gasteiger partial charge in [-0.1, -0.05) is 62.6 Å². The van der Waals surface area contributed by atoms with Crippen LogP contribution in [-0.4, -0.2) is 36.0 Å². The molecule has 0 aromatic carbocycles. The molecule has 0 rings (SSSR count). The van der Waals surface area contributed by atoms with Crippen molar-refractivity contribution in [2.75, 3.05) is 13.2 Å². The maximum atomic E-state index is 11.4. The van der Waals surface area contributed by atoms with E-state index >= 15 is 0 Å². The summed E-state index contributed by atoms with van der Waals surface area (Å²) < 4.78 is 10.4. The molecule has 0 bridgehead atoms. The van der Waals surface area contributed by atoms with Gasteiger partial charge in [0.1, 0.15) is 12.2 Å². The van der Waals surface area contributed by atoms with Crippen LogP contribution >= 0.6 is 0 Å². The van der Waals surface area contributed by atoms with Crippen molar-refractivity contribution in [3.63, 3.8) is 0 Å². The summed E-state index contributed by atoms with van der Waals surface area (Å²) in [6, 6.07) is 0. The number of unbranched alkanes of at least 4 members (excludes halogenated alkanes) is 5. The van der Waals surface area contributed by atoms with Gasteiger partial charge < -0.3 is 14.6 Å². The molecular weight excluding hydrogens is 340 g/mol. The van der Waals surface area contributed by atoms with Gasteiger partial charge >= 0.3 is 5.97 Å². The number of hydrogen-bond donors (Lipinski definition) is 1. The molecule has 0 saturated carbocycles. The Morgan fingerprint density at radius 2 is 1.70 bits per heavy atom. The summed E-state index contributed by atoms with van der Waals surface area (Å²) in [4.78, 5) is 11.4. The predicted molar refractivity (Wildman–Crippen MR) is 113 cm³/mol. The smallest absolute Gasteiger partial charge is 0.332 e. The number of allylic oxidation sites excluding steroid dienone is 4. The highest BCUT2D eigenvalue weighted by atomic mass is 16.6. The molecule has 1 atom stereocenters. The van der Waals surface area contributed by atoms with E-state index in [0.29, 0.717) is 6.61 Å². The van der Waals surface area contributed by atoms with Crippen LogP contribution < -0.4 is 0 Å². The maximum Gasteiger partial charge on any atom is 0.332 e. The Hall–Kier alpha value is -1.39. The molecule has 0 amide bonds. The van der Waals surface area contributed by atoms with Gasteiger partial charge in [-0.2, -0.15) is 0 Å². The minimum atomic E-state index is -0.463. The van der Waals surface area contributed by atoms with Crippen molar-refractivity contribution < 1.29 is 19.4 Å². The summed E-state index contributed by atoms with van der Waals surface area (Å²) in [6.45, 7) is 8.12. The van der Waals surface area contributed by atoms with Crippen LogP contribution in [0, 0.1) is 0 Å². The Kier molecular flexibility index (Phi) is 15.9. The summed E-state index contributed by atoms with van der Waals surface area (Å²) in [5, 5.41) is 9.75. The summed E-state index contributed by atoms with van der Waals surface area (Å²) in [6.07, 6.45) is 20.3. The lowest BCUT2D eigenvalue weighted by atomic mass is 10.1. The summed E-state index contributed by atoms with van der Waals surface area (Å²) in [5.41, 5.74) is -0.463. The molecule has 0 radical (unpaired) electrons. The molecule has 0 aromatic heterocycles. The van der Waals surface area contributed by atoms with Gasteiger partial charge in [0.15, 0.2) is 0 Å². The first-order valence-electron chi connectivity index (χ1n) is 10.3. The van der Waals surface area contributed by atoms with E-state index in [1.165, 1.54) is 12.8 Å². The monoisotopic (exact) mass is 380 g/mol. The number of carbonyl (C=O) groups is 1. The van der Waals surface area contributed by atoms with Crippen LogP contribution in [-0.2, 0) is 14.3 Å². The SMILES string of the molecule is CCCCC[C@H](O)/C=C/C=C\CCCC/C=C\COCC(=O)OC(C)(C)C. The van der Waals surface area contributed by atoms with Crippen molar-refractivity contribution in [1.29, 1.82) is 0 Å². The van der Waals surface area contributed by atoms with Crippen molar-refractivity contribution in [3.8, 4) is 0 Å². The number of hydrogen-bond acceptors (Lipinski definition) is 4. The van der Waals surface area contributed by atoms with Gasteiger partial charge in [-0.15, -0.1) is 0 Å². The van der Waals surface area contributed by atoms with E-state index in [2.05, 4.69) is 19.1 Å². The van der Waals surface area contributed by atoms with Gasteiger partial charge in [0, 0.05) is 0 Å². The summed E-state index contributed by atoms with van der Waals surface area (Å²) in [7, 11) is 0. The number of ether oxygens (including phenoxy) is 2. The molecule has 0 aliphatic rings. The van der Waals surface area contributed by atoms with Crippen LogP contribution in [0.2, 0.25) is 0 Å². The van der Waals surface area contributed by atoms with Crippen LogP contribution in [0.15, 0.2) is 36.5 Å². The number of aliphatic hydroxyl groups is 1. The Bertz CT molecular complexity index is 444. The topological polar surface area (TPSA) is 55.8 Å². The first-order valence-corrected chi connectivity index (χ1v) is 10.3. The van der Waals surface area contributed by atoms with Crippen molar-refractivity contribution in [1.82, 2.24) is 0 Å². The highest BCUT2D eigenvalue weighted by molar-refractivity contribution is 5.71. The Labute approximate surface area is 166 Å². The molecule has 0 fully saturated rings. The lowest BCUT2D eigenvalue weighted by Gasteiger charge is -2.19. The molecule has 27 heavy (non-hydrogen) atoms. The third-order valence-corrected chi connectivity index (χ3v) is 3.70. The summed E-state index contributed by atoms with van der Waals surface area (Å²) >= 11 is 0. The first-order chi connectivity index (χ1) is 12.8.